The molecule has 31 heavy (non-hydrogen) atoms. The van der Waals surface area contributed by atoms with E-state index in [0.29, 0.717) is 36.1 Å². The van der Waals surface area contributed by atoms with Crippen LogP contribution in [0.25, 0.3) is 0 Å². The van der Waals surface area contributed by atoms with Crippen LogP contribution in [0.5, 0.6) is 5.75 Å². The number of methoxy groups -OCH3 is 1. The first kappa shape index (κ1) is 25.1. The number of rotatable bonds is 10. The summed E-state index contributed by atoms with van der Waals surface area (Å²) < 4.78 is 32.3. The fourth-order valence-electron chi connectivity index (χ4n) is 3.27. The Hall–Kier alpha value is -2.17. The SMILES string of the molecule is CCN(CC)S(=O)(=O)c1ccc(OC)c(NC(=O)CCc2c(C)nc(SC)nc2C)c1. The lowest BCUT2D eigenvalue weighted by Crippen LogP contribution is -2.30. The van der Waals surface area contributed by atoms with Gasteiger partial charge in [0.1, 0.15) is 5.75 Å². The first-order valence-electron chi connectivity index (χ1n) is 10.0. The van der Waals surface area contributed by atoms with Gasteiger partial charge in [-0.1, -0.05) is 25.6 Å². The molecular formula is C21H30N4O4S2. The van der Waals surface area contributed by atoms with E-state index < -0.39 is 10.0 Å². The van der Waals surface area contributed by atoms with Crippen molar-refractivity contribution in [2.75, 3.05) is 31.8 Å². The molecule has 1 N–H and O–H groups in total. The van der Waals surface area contributed by atoms with E-state index in [0.717, 1.165) is 17.0 Å². The third-order valence-corrected chi connectivity index (χ3v) is 7.57. The molecule has 0 radical (unpaired) electrons. The standard InChI is InChI=1S/C21H30N4O4S2/c1-7-25(8-2)31(27,28)16-9-11-19(29-5)18(13-16)24-20(26)12-10-17-14(3)22-21(30-6)23-15(17)4/h9,11,13H,7-8,10,12H2,1-6H3,(H,24,26). The molecule has 10 heteroatoms. The largest absolute Gasteiger partial charge is 0.495 e. The van der Waals surface area contributed by atoms with Crippen molar-refractivity contribution in [3.8, 4) is 5.75 Å². The summed E-state index contributed by atoms with van der Waals surface area (Å²) in [6.45, 7) is 8.11. The number of amides is 1. The molecule has 0 fully saturated rings. The second kappa shape index (κ2) is 10.9. The Morgan fingerprint density at radius 2 is 1.77 bits per heavy atom. The Balaban J connectivity index is 2.21. The van der Waals surface area contributed by atoms with Crippen LogP contribution in [-0.4, -0.2) is 55.1 Å². The van der Waals surface area contributed by atoms with Crippen molar-refractivity contribution < 1.29 is 17.9 Å². The van der Waals surface area contributed by atoms with Gasteiger partial charge in [-0.2, -0.15) is 4.31 Å². The van der Waals surface area contributed by atoms with E-state index >= 15 is 0 Å². The average Bonchev–Trinajstić information content (AvgIpc) is 2.73. The zero-order valence-electron chi connectivity index (χ0n) is 18.9. The van der Waals surface area contributed by atoms with Gasteiger partial charge in [0.25, 0.3) is 0 Å². The number of sulfonamides is 1. The quantitative estimate of drug-likeness (QED) is 0.423. The highest BCUT2D eigenvalue weighted by Crippen LogP contribution is 2.29. The van der Waals surface area contributed by atoms with Crippen molar-refractivity contribution >= 4 is 33.4 Å². The van der Waals surface area contributed by atoms with Gasteiger partial charge in [0.2, 0.25) is 15.9 Å². The van der Waals surface area contributed by atoms with Gasteiger partial charge in [0.05, 0.1) is 17.7 Å². The number of nitrogens with one attached hydrogen (secondary N) is 1. The van der Waals surface area contributed by atoms with E-state index in [2.05, 4.69) is 15.3 Å². The Morgan fingerprint density at radius 1 is 1.16 bits per heavy atom. The molecule has 0 saturated heterocycles. The summed E-state index contributed by atoms with van der Waals surface area (Å²) in [6, 6.07) is 4.48. The van der Waals surface area contributed by atoms with Gasteiger partial charge >= 0.3 is 0 Å². The van der Waals surface area contributed by atoms with Gasteiger partial charge in [-0.25, -0.2) is 18.4 Å². The van der Waals surface area contributed by atoms with Gasteiger partial charge in [0, 0.05) is 30.9 Å². The molecule has 0 aliphatic heterocycles. The molecule has 1 aromatic heterocycles. The normalized spacial score (nSPS) is 11.6. The van der Waals surface area contributed by atoms with Crippen LogP contribution >= 0.6 is 11.8 Å². The number of anilines is 1. The summed E-state index contributed by atoms with van der Waals surface area (Å²) in [5, 5.41) is 3.50. The van der Waals surface area contributed by atoms with Crippen molar-refractivity contribution in [2.24, 2.45) is 0 Å². The van der Waals surface area contributed by atoms with Crippen LogP contribution in [0.3, 0.4) is 0 Å². The van der Waals surface area contributed by atoms with Crippen LogP contribution in [0, 0.1) is 13.8 Å². The summed E-state index contributed by atoms with van der Waals surface area (Å²) >= 11 is 1.48. The van der Waals surface area contributed by atoms with E-state index in [9.17, 15) is 13.2 Å². The second-order valence-corrected chi connectivity index (χ2v) is 9.57. The third kappa shape index (κ3) is 5.96. The molecule has 2 aromatic rings. The number of nitrogens with zero attached hydrogens (tertiary/aromatic N) is 3. The fourth-order valence-corrected chi connectivity index (χ4v) is 5.21. The number of carbonyl (C=O) groups excluding carboxylic acids is 1. The molecule has 1 aromatic carbocycles. The minimum atomic E-state index is -3.65. The zero-order valence-corrected chi connectivity index (χ0v) is 20.5. The van der Waals surface area contributed by atoms with Crippen molar-refractivity contribution in [3.05, 3.63) is 35.2 Å². The smallest absolute Gasteiger partial charge is 0.243 e. The number of thioether (sulfide) groups is 1. The predicted octanol–water partition coefficient (Wildman–Crippen LogP) is 3.43. The van der Waals surface area contributed by atoms with Gasteiger partial charge < -0.3 is 10.1 Å². The molecule has 0 bridgehead atoms. The number of ether oxygens (including phenoxy) is 1. The van der Waals surface area contributed by atoms with Crippen LogP contribution in [0.4, 0.5) is 5.69 Å². The van der Waals surface area contributed by atoms with Crippen LogP contribution in [-0.2, 0) is 21.2 Å². The Labute approximate surface area is 188 Å². The molecule has 0 aliphatic rings. The second-order valence-electron chi connectivity index (χ2n) is 6.86. The monoisotopic (exact) mass is 466 g/mol. The third-order valence-electron chi connectivity index (χ3n) is 4.97. The van der Waals surface area contributed by atoms with Gasteiger partial charge in [-0.05, 0) is 50.3 Å². The Kier molecular flexibility index (Phi) is 8.84. The summed E-state index contributed by atoms with van der Waals surface area (Å²) in [4.78, 5) is 21.6. The Bertz CT molecular complexity index is 1010. The number of aromatic nitrogens is 2. The lowest BCUT2D eigenvalue weighted by atomic mass is 10.1. The van der Waals surface area contributed by atoms with Gasteiger partial charge in [-0.3, -0.25) is 4.79 Å². The van der Waals surface area contributed by atoms with Crippen molar-refractivity contribution in [1.29, 1.82) is 0 Å². The van der Waals surface area contributed by atoms with Crippen LogP contribution in [0.1, 0.15) is 37.2 Å². The maximum atomic E-state index is 12.8. The highest BCUT2D eigenvalue weighted by Gasteiger charge is 2.23. The molecule has 0 aliphatic carbocycles. The van der Waals surface area contributed by atoms with Crippen molar-refractivity contribution in [1.82, 2.24) is 14.3 Å². The summed E-state index contributed by atoms with van der Waals surface area (Å²) in [7, 11) is -2.18. The summed E-state index contributed by atoms with van der Waals surface area (Å²) in [5.41, 5.74) is 2.98. The lowest BCUT2D eigenvalue weighted by molar-refractivity contribution is -0.116. The molecule has 0 spiro atoms. The number of carbonyl (C=O) groups is 1. The topological polar surface area (TPSA) is 101 Å². The highest BCUT2D eigenvalue weighted by molar-refractivity contribution is 7.98. The molecule has 2 rings (SSSR count). The van der Waals surface area contributed by atoms with E-state index in [1.54, 1.807) is 19.9 Å². The maximum Gasteiger partial charge on any atom is 0.243 e. The van der Waals surface area contributed by atoms with Crippen LogP contribution < -0.4 is 10.1 Å². The molecule has 8 nitrogen and oxygen atoms in total. The fraction of sp³-hybridized carbons (Fsp3) is 0.476. The van der Waals surface area contributed by atoms with E-state index in [4.69, 9.17) is 4.74 Å². The minimum Gasteiger partial charge on any atom is -0.495 e. The molecular weight excluding hydrogens is 436 g/mol. The van der Waals surface area contributed by atoms with E-state index in [-0.39, 0.29) is 17.2 Å². The summed E-state index contributed by atoms with van der Waals surface area (Å²) in [6.07, 6.45) is 2.61. The summed E-state index contributed by atoms with van der Waals surface area (Å²) in [5.74, 6) is 0.148. The molecule has 0 unspecified atom stereocenters. The Morgan fingerprint density at radius 3 is 2.29 bits per heavy atom. The number of hydrogen-bond acceptors (Lipinski definition) is 7. The van der Waals surface area contributed by atoms with E-state index in [1.165, 1.54) is 35.3 Å². The van der Waals surface area contributed by atoms with Crippen LogP contribution in [0.15, 0.2) is 28.3 Å². The van der Waals surface area contributed by atoms with Crippen molar-refractivity contribution in [3.63, 3.8) is 0 Å². The average molecular weight is 467 g/mol. The number of aryl methyl sites for hydroxylation is 2. The first-order valence-corrected chi connectivity index (χ1v) is 12.7. The van der Waals surface area contributed by atoms with Gasteiger partial charge in [0.15, 0.2) is 5.16 Å². The molecule has 0 saturated carbocycles. The van der Waals surface area contributed by atoms with Gasteiger partial charge in [-0.15, -0.1) is 0 Å². The minimum absolute atomic E-state index is 0.111. The first-order chi connectivity index (χ1) is 14.7. The molecule has 1 heterocycles. The van der Waals surface area contributed by atoms with Crippen LogP contribution in [0.2, 0.25) is 0 Å². The predicted molar refractivity (Wildman–Crippen MR) is 123 cm³/mol. The molecule has 1 amide bonds. The zero-order chi connectivity index (χ0) is 23.2. The van der Waals surface area contributed by atoms with E-state index in [1.807, 2.05) is 20.1 Å². The number of benzene rings is 1. The maximum absolute atomic E-state index is 12.8. The lowest BCUT2D eigenvalue weighted by Gasteiger charge is -2.19. The van der Waals surface area contributed by atoms with Crippen molar-refractivity contribution in [2.45, 2.75) is 50.6 Å². The number of hydrogen-bond donors (Lipinski definition) is 1. The molecule has 170 valence electrons. The molecule has 0 atom stereocenters. The highest BCUT2D eigenvalue weighted by atomic mass is 32.2.